The van der Waals surface area contributed by atoms with Crippen molar-refractivity contribution >= 4 is 28.8 Å². The number of rotatable bonds is 6. The minimum atomic E-state index is -0.865. The molecule has 1 aliphatic heterocycles. The fraction of sp³-hybridized carbons (Fsp3) is 0.483. The van der Waals surface area contributed by atoms with Gasteiger partial charge in [-0.15, -0.1) is 0 Å². The van der Waals surface area contributed by atoms with E-state index in [1.54, 1.807) is 12.0 Å². The van der Waals surface area contributed by atoms with Gasteiger partial charge in [0.15, 0.2) is 0 Å². The van der Waals surface area contributed by atoms with Crippen LogP contribution in [0.4, 0.5) is 10.5 Å². The van der Waals surface area contributed by atoms with Crippen LogP contribution in [-0.2, 0) is 27.1 Å². The second-order valence-corrected chi connectivity index (χ2v) is 10.2. The molecule has 1 amide bonds. The molecule has 0 radical (unpaired) electrons. The Labute approximate surface area is 217 Å². The number of aryl methyl sites for hydroxylation is 1. The van der Waals surface area contributed by atoms with Crippen LogP contribution in [0.2, 0.25) is 0 Å². The molecule has 1 aliphatic carbocycles. The van der Waals surface area contributed by atoms with E-state index in [2.05, 4.69) is 4.57 Å². The van der Waals surface area contributed by atoms with Crippen molar-refractivity contribution in [3.8, 4) is 0 Å². The number of hydrogen-bond donors (Lipinski definition) is 1. The number of fused-ring (bicyclic) bond motifs is 3. The molecule has 1 N–H and O–H groups in total. The number of carbonyl (C=O) groups is 2. The molecular weight excluding hydrogens is 470 g/mol. The van der Waals surface area contributed by atoms with Crippen LogP contribution in [0.3, 0.4) is 0 Å². The van der Waals surface area contributed by atoms with Gasteiger partial charge in [0.1, 0.15) is 5.82 Å². The molecule has 196 valence electrons. The molecule has 8 heteroatoms. The highest BCUT2D eigenvalue weighted by molar-refractivity contribution is 5.95. The van der Waals surface area contributed by atoms with Crippen molar-refractivity contribution in [2.24, 2.45) is 0 Å². The average molecular weight is 506 g/mol. The summed E-state index contributed by atoms with van der Waals surface area (Å²) in [5.41, 5.74) is 4.45. The van der Waals surface area contributed by atoms with Gasteiger partial charge in [-0.05, 0) is 63.1 Å². The zero-order valence-corrected chi connectivity index (χ0v) is 21.7. The zero-order chi connectivity index (χ0) is 26.1. The summed E-state index contributed by atoms with van der Waals surface area (Å²) in [5, 5.41) is 10.2. The smallest absolute Gasteiger partial charge is 0.414 e. The Bertz CT molecular complexity index is 1290. The molecule has 0 bridgehead atoms. The van der Waals surface area contributed by atoms with Crippen molar-refractivity contribution in [3.63, 3.8) is 0 Å². The van der Waals surface area contributed by atoms with Crippen LogP contribution in [0, 0.1) is 0 Å². The molecule has 2 aromatic carbocycles. The number of methoxy groups -OCH3 is 2. The Kier molecular flexibility index (Phi) is 7.20. The van der Waals surface area contributed by atoms with Crippen LogP contribution >= 0.6 is 0 Å². The molecule has 8 nitrogen and oxygen atoms in total. The first kappa shape index (κ1) is 25.3. The third-order valence-corrected chi connectivity index (χ3v) is 8.08. The highest BCUT2D eigenvalue weighted by atomic mass is 16.5. The number of aromatic nitrogens is 2. The lowest BCUT2D eigenvalue weighted by Crippen LogP contribution is -2.42. The lowest BCUT2D eigenvalue weighted by molar-refractivity contribution is -0.138. The van der Waals surface area contributed by atoms with Crippen LogP contribution in [0.15, 0.2) is 42.5 Å². The lowest BCUT2D eigenvalue weighted by Gasteiger charge is -2.34. The summed E-state index contributed by atoms with van der Waals surface area (Å²) in [6, 6.07) is 13.6. The van der Waals surface area contributed by atoms with Gasteiger partial charge >= 0.3 is 12.1 Å². The summed E-state index contributed by atoms with van der Waals surface area (Å²) in [6.45, 7) is 2.03. The molecule has 37 heavy (non-hydrogen) atoms. The minimum absolute atomic E-state index is 0.0224. The molecular formula is C29H35N3O5. The number of benzene rings is 2. The number of amides is 1. The van der Waals surface area contributed by atoms with Gasteiger partial charge in [0.2, 0.25) is 0 Å². The van der Waals surface area contributed by atoms with Crippen LogP contribution in [-0.4, -0.2) is 53.1 Å². The maximum atomic E-state index is 12.6. The van der Waals surface area contributed by atoms with Crippen LogP contribution < -0.4 is 4.90 Å². The van der Waals surface area contributed by atoms with Gasteiger partial charge in [-0.1, -0.05) is 30.3 Å². The molecule has 4 atom stereocenters. The minimum Gasteiger partial charge on any atom is -0.481 e. The van der Waals surface area contributed by atoms with Crippen molar-refractivity contribution in [2.45, 2.75) is 76.0 Å². The van der Waals surface area contributed by atoms with Crippen molar-refractivity contribution in [1.82, 2.24) is 9.55 Å². The molecule has 1 fully saturated rings. The SMILES string of the molecule is COC(=O)N1c2ccc3c(nc(C[C@H](C(=O)O)c4ccccc4)n3[C@H]3CCC[C@H](OC)C3)c2CC[C@@H]1C. The topological polar surface area (TPSA) is 93.9 Å². The first-order chi connectivity index (χ1) is 17.9. The van der Waals surface area contributed by atoms with E-state index in [0.717, 1.165) is 72.2 Å². The van der Waals surface area contributed by atoms with Crippen LogP contribution in [0.1, 0.15) is 67.9 Å². The van der Waals surface area contributed by atoms with Gasteiger partial charge in [-0.2, -0.15) is 0 Å². The summed E-state index contributed by atoms with van der Waals surface area (Å²) in [7, 11) is 3.16. The maximum absolute atomic E-state index is 12.6. The number of carbonyl (C=O) groups excluding carboxylic acids is 1. The van der Waals surface area contributed by atoms with Crippen LogP contribution in [0.5, 0.6) is 0 Å². The predicted octanol–water partition coefficient (Wildman–Crippen LogP) is 5.48. The summed E-state index contributed by atoms with van der Waals surface area (Å²) in [4.78, 5) is 31.9. The summed E-state index contributed by atoms with van der Waals surface area (Å²) in [6.07, 6.45) is 5.60. The van der Waals surface area contributed by atoms with E-state index < -0.39 is 11.9 Å². The molecule has 0 spiro atoms. The number of anilines is 1. The Hall–Kier alpha value is -3.39. The molecule has 3 aromatic rings. The predicted molar refractivity (Wildman–Crippen MR) is 141 cm³/mol. The second-order valence-electron chi connectivity index (χ2n) is 10.2. The highest BCUT2D eigenvalue weighted by Gasteiger charge is 2.34. The largest absolute Gasteiger partial charge is 0.481 e. The molecule has 1 aromatic heterocycles. The van der Waals surface area contributed by atoms with Gasteiger partial charge < -0.3 is 19.1 Å². The molecule has 5 rings (SSSR count). The lowest BCUT2D eigenvalue weighted by atomic mass is 9.91. The first-order valence-electron chi connectivity index (χ1n) is 13.1. The third kappa shape index (κ3) is 4.70. The number of carboxylic acid groups (broad SMARTS) is 1. The number of carboxylic acids is 1. The van der Waals surface area contributed by atoms with Gasteiger partial charge in [0, 0.05) is 31.2 Å². The van der Waals surface area contributed by atoms with Crippen molar-refractivity contribution in [1.29, 1.82) is 0 Å². The number of ether oxygens (including phenoxy) is 2. The van der Waals surface area contributed by atoms with Crippen molar-refractivity contribution in [3.05, 3.63) is 59.4 Å². The fourth-order valence-electron chi connectivity index (χ4n) is 6.16. The highest BCUT2D eigenvalue weighted by Crippen LogP contribution is 2.40. The number of hydrogen-bond acceptors (Lipinski definition) is 5. The maximum Gasteiger partial charge on any atom is 0.414 e. The number of imidazole rings is 1. The Morgan fingerprint density at radius 3 is 2.59 bits per heavy atom. The van der Waals surface area contributed by atoms with Crippen molar-refractivity contribution in [2.75, 3.05) is 19.1 Å². The standard InChI is InChI=1S/C29H35N3O5/c1-18-12-13-22-24(31(18)29(35)37-3)14-15-25-27(22)30-26(32(25)20-10-7-11-21(16-20)36-2)17-23(28(33)34)19-8-5-4-6-9-19/h4-6,8-9,14-15,18,20-21,23H,7,10-13,16-17H2,1-3H3,(H,33,34)/t18-,20-,21-,23-/m0/s1. The number of aliphatic carboxylic acids is 1. The normalized spacial score (nSPS) is 22.5. The van der Waals surface area contributed by atoms with E-state index in [4.69, 9.17) is 14.5 Å². The third-order valence-electron chi connectivity index (χ3n) is 8.08. The van der Waals surface area contributed by atoms with Crippen molar-refractivity contribution < 1.29 is 24.2 Å². The quantitative estimate of drug-likeness (QED) is 0.476. The zero-order valence-electron chi connectivity index (χ0n) is 21.7. The van der Waals surface area contributed by atoms with E-state index in [1.165, 1.54) is 7.11 Å². The molecule has 0 saturated heterocycles. The van der Waals surface area contributed by atoms with Gasteiger partial charge in [-0.25, -0.2) is 9.78 Å². The van der Waals surface area contributed by atoms with E-state index in [0.29, 0.717) is 0 Å². The van der Waals surface area contributed by atoms with Gasteiger partial charge in [0.05, 0.1) is 35.9 Å². The van der Waals surface area contributed by atoms with E-state index >= 15 is 0 Å². The number of nitrogens with zero attached hydrogens (tertiary/aromatic N) is 3. The molecule has 0 unspecified atom stereocenters. The van der Waals surface area contributed by atoms with E-state index in [9.17, 15) is 14.7 Å². The Morgan fingerprint density at radius 1 is 1.11 bits per heavy atom. The van der Waals surface area contributed by atoms with Gasteiger partial charge in [0.25, 0.3) is 0 Å². The summed E-state index contributed by atoms with van der Waals surface area (Å²) >= 11 is 0. The molecule has 1 saturated carbocycles. The van der Waals surface area contributed by atoms with Crippen LogP contribution in [0.25, 0.3) is 11.0 Å². The Balaban J connectivity index is 1.66. The van der Waals surface area contributed by atoms with E-state index in [-0.39, 0.29) is 30.7 Å². The first-order valence-corrected chi connectivity index (χ1v) is 13.1. The molecule has 2 heterocycles. The summed E-state index contributed by atoms with van der Waals surface area (Å²) in [5.74, 6) is -0.804. The average Bonchev–Trinajstić information content (AvgIpc) is 3.30. The summed E-state index contributed by atoms with van der Waals surface area (Å²) < 4.78 is 13.1. The fourth-order valence-corrected chi connectivity index (χ4v) is 6.16. The van der Waals surface area contributed by atoms with E-state index in [1.807, 2.05) is 49.4 Å². The second kappa shape index (κ2) is 10.5. The monoisotopic (exact) mass is 505 g/mol. The van der Waals surface area contributed by atoms with Gasteiger partial charge in [-0.3, -0.25) is 9.69 Å². The Morgan fingerprint density at radius 2 is 1.89 bits per heavy atom. The molecule has 2 aliphatic rings.